The minimum absolute atomic E-state index is 0.00633. The van der Waals surface area contributed by atoms with Gasteiger partial charge in [0.2, 0.25) is 5.91 Å². The third-order valence-corrected chi connectivity index (χ3v) is 6.02. The van der Waals surface area contributed by atoms with Crippen molar-refractivity contribution in [1.82, 2.24) is 5.32 Å². The summed E-state index contributed by atoms with van der Waals surface area (Å²) in [6, 6.07) is 10.5. The predicted octanol–water partition coefficient (Wildman–Crippen LogP) is 3.42. The molecule has 0 saturated carbocycles. The van der Waals surface area contributed by atoms with Crippen molar-refractivity contribution in [3.8, 4) is 23.0 Å². The number of amides is 1. The Morgan fingerprint density at radius 2 is 1.68 bits per heavy atom. The fourth-order valence-corrected chi connectivity index (χ4v) is 4.53. The molecule has 1 heterocycles. The van der Waals surface area contributed by atoms with E-state index >= 15 is 0 Å². The number of methoxy groups -OCH3 is 3. The molecule has 1 aliphatic heterocycles. The highest BCUT2D eigenvalue weighted by Crippen LogP contribution is 2.45. The maximum absolute atomic E-state index is 13.3. The van der Waals surface area contributed by atoms with Crippen LogP contribution in [0.3, 0.4) is 0 Å². The quantitative estimate of drug-likeness (QED) is 0.765. The molecule has 2 aromatic carbocycles. The average molecular weight is 423 g/mol. The number of ketones is 1. The van der Waals surface area contributed by atoms with Crippen molar-refractivity contribution in [3.63, 3.8) is 0 Å². The molecule has 1 amide bonds. The first kappa shape index (κ1) is 20.8. The Balaban J connectivity index is 1.74. The highest BCUT2D eigenvalue weighted by Gasteiger charge is 2.39. The molecule has 0 radical (unpaired) electrons. The van der Waals surface area contributed by atoms with Crippen molar-refractivity contribution in [2.24, 2.45) is 0 Å². The van der Waals surface area contributed by atoms with Crippen LogP contribution in [-0.2, 0) is 9.59 Å². The van der Waals surface area contributed by atoms with Crippen LogP contribution in [0, 0.1) is 0 Å². The lowest BCUT2D eigenvalue weighted by molar-refractivity contribution is -0.122. The van der Waals surface area contributed by atoms with E-state index in [-0.39, 0.29) is 35.7 Å². The summed E-state index contributed by atoms with van der Waals surface area (Å²) in [7, 11) is 4.66. The van der Waals surface area contributed by atoms with E-state index < -0.39 is 0 Å². The summed E-state index contributed by atoms with van der Waals surface area (Å²) in [5.74, 6) is 1.04. The lowest BCUT2D eigenvalue weighted by Crippen LogP contribution is -2.38. The van der Waals surface area contributed by atoms with Crippen molar-refractivity contribution in [3.05, 3.63) is 58.8 Å². The van der Waals surface area contributed by atoms with E-state index in [9.17, 15) is 14.7 Å². The second kappa shape index (κ2) is 8.34. The Bertz CT molecular complexity index is 1070. The van der Waals surface area contributed by atoms with Crippen LogP contribution in [-0.4, -0.2) is 38.1 Å². The van der Waals surface area contributed by atoms with Gasteiger partial charge in [-0.1, -0.05) is 6.07 Å². The van der Waals surface area contributed by atoms with Crippen molar-refractivity contribution < 1.29 is 28.9 Å². The normalized spacial score (nSPS) is 20.7. The van der Waals surface area contributed by atoms with Gasteiger partial charge in [-0.2, -0.15) is 0 Å². The van der Waals surface area contributed by atoms with Gasteiger partial charge in [0.1, 0.15) is 11.5 Å². The smallest absolute Gasteiger partial charge is 0.225 e. The number of carbonyl (C=O) groups is 2. The number of carbonyl (C=O) groups excluding carboxylic acids is 2. The van der Waals surface area contributed by atoms with Crippen LogP contribution in [0.2, 0.25) is 0 Å². The summed E-state index contributed by atoms with van der Waals surface area (Å²) >= 11 is 0. The van der Waals surface area contributed by atoms with Crippen LogP contribution in [0.1, 0.15) is 42.2 Å². The lowest BCUT2D eigenvalue weighted by Gasteiger charge is -2.35. The fourth-order valence-electron chi connectivity index (χ4n) is 4.53. The van der Waals surface area contributed by atoms with E-state index in [1.165, 1.54) is 13.2 Å². The maximum Gasteiger partial charge on any atom is 0.225 e. The van der Waals surface area contributed by atoms with E-state index in [0.29, 0.717) is 41.4 Å². The molecule has 31 heavy (non-hydrogen) atoms. The summed E-state index contributed by atoms with van der Waals surface area (Å²) in [4.78, 5) is 25.8. The van der Waals surface area contributed by atoms with E-state index in [1.54, 1.807) is 26.4 Å². The Kier molecular flexibility index (Phi) is 5.59. The van der Waals surface area contributed by atoms with Gasteiger partial charge >= 0.3 is 0 Å². The number of hydrogen-bond donors (Lipinski definition) is 2. The highest BCUT2D eigenvalue weighted by atomic mass is 16.5. The molecular weight excluding hydrogens is 398 g/mol. The van der Waals surface area contributed by atoms with Crippen LogP contribution in [0.25, 0.3) is 0 Å². The van der Waals surface area contributed by atoms with Crippen LogP contribution in [0.5, 0.6) is 23.0 Å². The van der Waals surface area contributed by atoms with Crippen molar-refractivity contribution in [1.29, 1.82) is 0 Å². The highest BCUT2D eigenvalue weighted by molar-refractivity contribution is 6.02. The van der Waals surface area contributed by atoms with Crippen LogP contribution in [0.15, 0.2) is 47.7 Å². The second-order valence-electron chi connectivity index (χ2n) is 7.76. The number of benzene rings is 2. The molecular formula is C24H25NO6. The first-order valence-corrected chi connectivity index (χ1v) is 10.1. The molecule has 0 saturated heterocycles. The fraction of sp³-hybridized carbons (Fsp3) is 0.333. The molecule has 0 bridgehead atoms. The number of Topliss-reactive ketones (excluding diaryl/α,β-unsaturated/α-hetero) is 1. The summed E-state index contributed by atoms with van der Waals surface area (Å²) in [5, 5.41) is 12.8. The van der Waals surface area contributed by atoms with E-state index in [4.69, 9.17) is 14.2 Å². The van der Waals surface area contributed by atoms with Crippen LogP contribution >= 0.6 is 0 Å². The SMILES string of the molecule is COc1ccc(OC)c([C@H]2CC(=O)C3=C(C2)NC(=O)C[C@@H]3c2ccc(O)c(OC)c2)c1. The molecule has 0 fully saturated rings. The Hall–Kier alpha value is -3.48. The largest absolute Gasteiger partial charge is 0.504 e. The standard InChI is InChI=1S/C24H25NO6/c1-29-15-5-7-21(30-2)16(11-15)14-8-18-24(20(27)9-14)17(12-23(28)25-18)13-4-6-19(26)22(10-13)31-3/h4-7,10-11,14,17,26H,8-9,12H2,1-3H3,(H,25,28)/t14-,17-/m1/s1. The van der Waals surface area contributed by atoms with Crippen LogP contribution < -0.4 is 19.5 Å². The first-order chi connectivity index (χ1) is 14.9. The monoisotopic (exact) mass is 423 g/mol. The second-order valence-corrected chi connectivity index (χ2v) is 7.76. The van der Waals surface area contributed by atoms with Gasteiger partial charge in [0, 0.05) is 41.5 Å². The summed E-state index contributed by atoms with van der Waals surface area (Å²) in [5.41, 5.74) is 2.93. The number of hydrogen-bond acceptors (Lipinski definition) is 6. The number of ether oxygens (including phenoxy) is 3. The van der Waals surface area contributed by atoms with Gasteiger partial charge in [-0.05, 0) is 42.3 Å². The van der Waals surface area contributed by atoms with Gasteiger partial charge in [-0.15, -0.1) is 0 Å². The van der Waals surface area contributed by atoms with E-state index in [1.807, 2.05) is 18.2 Å². The van der Waals surface area contributed by atoms with Crippen molar-refractivity contribution in [2.75, 3.05) is 21.3 Å². The number of aromatic hydroxyl groups is 1. The topological polar surface area (TPSA) is 94.1 Å². The van der Waals surface area contributed by atoms with E-state index in [0.717, 1.165) is 11.1 Å². The molecule has 2 aromatic rings. The van der Waals surface area contributed by atoms with Gasteiger partial charge in [-0.3, -0.25) is 9.59 Å². The molecule has 2 aliphatic rings. The molecule has 162 valence electrons. The summed E-state index contributed by atoms with van der Waals surface area (Å²) in [6.07, 6.45) is 0.998. The Labute approximate surface area is 180 Å². The zero-order chi connectivity index (χ0) is 22.1. The van der Waals surface area contributed by atoms with Crippen molar-refractivity contribution in [2.45, 2.75) is 31.1 Å². The van der Waals surface area contributed by atoms with Gasteiger partial charge < -0.3 is 24.6 Å². The molecule has 1 aliphatic carbocycles. The molecule has 2 N–H and O–H groups in total. The molecule has 0 spiro atoms. The number of allylic oxidation sites excluding steroid dienone is 2. The zero-order valence-electron chi connectivity index (χ0n) is 17.7. The first-order valence-electron chi connectivity index (χ1n) is 10.1. The van der Waals surface area contributed by atoms with Crippen molar-refractivity contribution >= 4 is 11.7 Å². The Morgan fingerprint density at radius 1 is 0.903 bits per heavy atom. The van der Waals surface area contributed by atoms with Gasteiger partial charge in [0.15, 0.2) is 17.3 Å². The predicted molar refractivity (Wildman–Crippen MR) is 114 cm³/mol. The minimum Gasteiger partial charge on any atom is -0.504 e. The van der Waals surface area contributed by atoms with Gasteiger partial charge in [0.25, 0.3) is 0 Å². The Morgan fingerprint density at radius 3 is 2.39 bits per heavy atom. The lowest BCUT2D eigenvalue weighted by atomic mass is 9.73. The number of nitrogens with one attached hydrogen (secondary N) is 1. The van der Waals surface area contributed by atoms with Gasteiger partial charge in [-0.25, -0.2) is 0 Å². The molecule has 0 unspecified atom stereocenters. The molecule has 0 aromatic heterocycles. The number of phenolic OH excluding ortho intramolecular Hbond substituents is 1. The third kappa shape index (κ3) is 3.83. The number of phenols is 1. The van der Waals surface area contributed by atoms with Gasteiger partial charge in [0.05, 0.1) is 21.3 Å². The minimum atomic E-state index is -0.376. The van der Waals surface area contributed by atoms with E-state index in [2.05, 4.69) is 5.32 Å². The molecule has 4 rings (SSSR count). The molecule has 2 atom stereocenters. The zero-order valence-corrected chi connectivity index (χ0v) is 17.7. The maximum atomic E-state index is 13.3. The summed E-state index contributed by atoms with van der Waals surface area (Å²) in [6.45, 7) is 0. The third-order valence-electron chi connectivity index (χ3n) is 6.02. The number of rotatable bonds is 5. The summed E-state index contributed by atoms with van der Waals surface area (Å²) < 4.78 is 16.1. The molecule has 7 heteroatoms. The van der Waals surface area contributed by atoms with Crippen LogP contribution in [0.4, 0.5) is 0 Å². The average Bonchev–Trinajstić information content (AvgIpc) is 2.78. The molecule has 7 nitrogen and oxygen atoms in total.